The molecule has 6 N–H and O–H groups in total. The number of carbonyl (C=O) groups excluding carboxylic acids is 1. The summed E-state index contributed by atoms with van der Waals surface area (Å²) in [7, 11) is 0. The summed E-state index contributed by atoms with van der Waals surface area (Å²) < 4.78 is 38.3. The molecule has 10 nitrogen and oxygen atoms in total. The molecule has 0 aliphatic carbocycles. The smallest absolute Gasteiger partial charge is 0.410 e. The largest absolute Gasteiger partial charge is 0.444 e. The van der Waals surface area contributed by atoms with Gasteiger partial charge in [-0.05, 0) is 42.7 Å². The van der Waals surface area contributed by atoms with Crippen molar-refractivity contribution in [2.75, 3.05) is 38.7 Å². The van der Waals surface area contributed by atoms with Crippen molar-refractivity contribution in [1.29, 1.82) is 0 Å². The van der Waals surface area contributed by atoms with Gasteiger partial charge in [0.05, 0.1) is 24.8 Å². The number of hydrazone groups is 1. The van der Waals surface area contributed by atoms with Gasteiger partial charge in [-0.2, -0.15) is 5.10 Å². The highest BCUT2D eigenvalue weighted by Crippen LogP contribution is 2.26. The van der Waals surface area contributed by atoms with Gasteiger partial charge in [0.2, 0.25) is 0 Å². The number of carbonyl (C=O) groups is 1. The van der Waals surface area contributed by atoms with Crippen molar-refractivity contribution < 1.29 is 23.0 Å². The summed E-state index contributed by atoms with van der Waals surface area (Å²) in [6, 6.07) is 0.514. The van der Waals surface area contributed by atoms with Crippen molar-refractivity contribution in [2.24, 2.45) is 16.8 Å². The molecule has 3 rings (SSSR count). The number of alkyl halides is 1. The lowest BCUT2D eigenvalue weighted by Crippen LogP contribution is -2.47. The van der Waals surface area contributed by atoms with Crippen LogP contribution < -0.4 is 17.4 Å². The van der Waals surface area contributed by atoms with Gasteiger partial charge in [0, 0.05) is 25.7 Å². The number of halogens is 2. The van der Waals surface area contributed by atoms with Crippen LogP contribution in [0.25, 0.3) is 5.57 Å². The van der Waals surface area contributed by atoms with Gasteiger partial charge >= 0.3 is 6.09 Å². The van der Waals surface area contributed by atoms with E-state index in [0.717, 1.165) is 16.7 Å². The molecular weight excluding hydrogens is 460 g/mol. The van der Waals surface area contributed by atoms with Gasteiger partial charge in [-0.1, -0.05) is 12.2 Å². The number of amidine groups is 1. The Kier molecular flexibility index (Phi) is 9.15. The number of hydrogen-bond donors (Lipinski definition) is 3. The van der Waals surface area contributed by atoms with E-state index in [1.807, 2.05) is 6.08 Å². The Balaban J connectivity index is 1.77. The minimum atomic E-state index is -1.17. The first-order chi connectivity index (χ1) is 16.9. The highest BCUT2D eigenvalue weighted by molar-refractivity contribution is 6.02. The van der Waals surface area contributed by atoms with Crippen molar-refractivity contribution in [3.05, 3.63) is 53.5 Å². The molecule has 3 heterocycles. The van der Waals surface area contributed by atoms with Crippen molar-refractivity contribution >= 4 is 23.3 Å². The lowest BCUT2D eigenvalue weighted by Gasteiger charge is -2.28. The van der Waals surface area contributed by atoms with Crippen molar-refractivity contribution in [2.45, 2.75) is 31.9 Å². The number of ether oxygens (including phenoxy) is 2. The lowest BCUT2D eigenvalue weighted by atomic mass is 9.99. The van der Waals surface area contributed by atoms with Crippen LogP contribution in [0.4, 0.5) is 19.4 Å². The molecule has 1 amide bonds. The Morgan fingerprint density at radius 1 is 1.51 bits per heavy atom. The fourth-order valence-electron chi connectivity index (χ4n) is 3.78. The highest BCUT2D eigenvalue weighted by Gasteiger charge is 2.26. The normalized spacial score (nSPS) is 20.2. The number of nitrogens with zero attached hydrogens (tertiary/aromatic N) is 4. The minimum Gasteiger partial charge on any atom is -0.444 e. The summed E-state index contributed by atoms with van der Waals surface area (Å²) >= 11 is 0. The zero-order valence-corrected chi connectivity index (χ0v) is 19.6. The number of aromatic nitrogens is 1. The maximum atomic E-state index is 13.9. The summed E-state index contributed by atoms with van der Waals surface area (Å²) in [6.45, 7) is 2.48. The van der Waals surface area contributed by atoms with Crippen molar-refractivity contribution in [3.8, 4) is 0 Å². The first-order valence-electron chi connectivity index (χ1n) is 11.2. The SMILES string of the molecule is C/C=C\C(F)=C/C(CF)N(N)/C(=N\N)c1cc(C2=CCN(C(=O)OC3CCOC3)CC2)cnc1N. The topological polar surface area (TPSA) is 145 Å². The van der Waals surface area contributed by atoms with Crippen molar-refractivity contribution in [1.82, 2.24) is 14.9 Å². The molecule has 2 aliphatic rings. The quantitative estimate of drug-likeness (QED) is 0.173. The molecule has 12 heteroatoms. The van der Waals surface area contributed by atoms with Gasteiger partial charge in [-0.3, -0.25) is 5.01 Å². The predicted octanol–water partition coefficient (Wildman–Crippen LogP) is 2.24. The summed E-state index contributed by atoms with van der Waals surface area (Å²) in [5.41, 5.74) is 7.95. The molecule has 1 fully saturated rings. The standard InChI is InChI=1S/C23H31F2N7O3/c1-2-3-17(25)11-18(12-24)32(28)22(30-27)20-10-16(13-29-21(20)26)15-4-7-31(8-5-15)23(33)35-19-6-9-34-14-19/h2-4,10-11,13,18-19H,5-9,12,14,27-28H2,1H3,(H2,26,29)/b3-2-,17-11+,30-22-. The molecule has 2 aliphatic heterocycles. The highest BCUT2D eigenvalue weighted by atomic mass is 19.1. The minimum absolute atomic E-state index is 0.0515. The third-order valence-corrected chi connectivity index (χ3v) is 5.71. The fraction of sp³-hybridized carbons (Fsp3) is 0.435. The first-order valence-corrected chi connectivity index (χ1v) is 11.2. The number of amides is 1. The summed E-state index contributed by atoms with van der Waals surface area (Å²) in [5, 5.41) is 4.59. The van der Waals surface area contributed by atoms with Crippen molar-refractivity contribution in [3.63, 3.8) is 0 Å². The number of rotatable bonds is 7. The van der Waals surface area contributed by atoms with E-state index in [9.17, 15) is 13.6 Å². The number of nitrogens with two attached hydrogens (primary N) is 3. The van der Waals surface area contributed by atoms with Gasteiger partial charge in [0.15, 0.2) is 5.84 Å². The van der Waals surface area contributed by atoms with E-state index in [1.165, 1.54) is 12.2 Å². The number of hydrogen-bond acceptors (Lipinski definition) is 8. The van der Waals surface area contributed by atoms with Crippen LogP contribution in [0.15, 0.2) is 47.5 Å². The number of pyridine rings is 1. The number of hydrazine groups is 1. The van der Waals surface area contributed by atoms with E-state index < -0.39 is 18.5 Å². The Morgan fingerprint density at radius 2 is 2.31 bits per heavy atom. The van der Waals surface area contributed by atoms with E-state index >= 15 is 0 Å². The Morgan fingerprint density at radius 3 is 2.91 bits per heavy atom. The van der Waals surface area contributed by atoms with Gasteiger partial charge in [0.25, 0.3) is 0 Å². The van der Waals surface area contributed by atoms with Gasteiger partial charge in [0.1, 0.15) is 24.4 Å². The molecule has 2 atom stereocenters. The third-order valence-electron chi connectivity index (χ3n) is 5.71. The molecule has 0 aromatic carbocycles. The molecule has 0 saturated carbocycles. The molecule has 1 aromatic rings. The van der Waals surface area contributed by atoms with Gasteiger partial charge in [-0.25, -0.2) is 24.4 Å². The Bertz CT molecular complexity index is 1020. The second-order valence-corrected chi connectivity index (χ2v) is 8.08. The van der Waals surface area contributed by atoms with E-state index in [1.54, 1.807) is 24.1 Å². The zero-order chi connectivity index (χ0) is 25.4. The Hall–Kier alpha value is -3.51. The molecule has 0 spiro atoms. The van der Waals surface area contributed by atoms with Crippen LogP contribution in [0.5, 0.6) is 0 Å². The second-order valence-electron chi connectivity index (χ2n) is 8.08. The summed E-state index contributed by atoms with van der Waals surface area (Å²) in [6.07, 6.45) is 7.83. The van der Waals surface area contributed by atoms with Crippen LogP contribution in [-0.4, -0.2) is 71.9 Å². The molecule has 35 heavy (non-hydrogen) atoms. The molecular formula is C23H31F2N7O3. The maximum absolute atomic E-state index is 13.9. The van der Waals surface area contributed by atoms with Crippen LogP contribution in [0.1, 0.15) is 30.9 Å². The molecule has 0 bridgehead atoms. The van der Waals surface area contributed by atoms with Crippen LogP contribution in [-0.2, 0) is 9.47 Å². The van der Waals surface area contributed by atoms with E-state index in [-0.39, 0.29) is 29.4 Å². The summed E-state index contributed by atoms with van der Waals surface area (Å²) in [5.74, 6) is 11.0. The zero-order valence-electron chi connectivity index (χ0n) is 19.6. The average Bonchev–Trinajstić information content (AvgIpc) is 3.37. The van der Waals surface area contributed by atoms with Gasteiger partial charge < -0.3 is 25.9 Å². The monoisotopic (exact) mass is 491 g/mol. The molecule has 190 valence electrons. The fourth-order valence-corrected chi connectivity index (χ4v) is 3.78. The lowest BCUT2D eigenvalue weighted by molar-refractivity contribution is 0.0569. The second kappa shape index (κ2) is 12.3. The van der Waals surface area contributed by atoms with Crippen LogP contribution >= 0.6 is 0 Å². The van der Waals surface area contributed by atoms with Crippen LogP contribution in [0.3, 0.4) is 0 Å². The first kappa shape index (κ1) is 26.1. The third kappa shape index (κ3) is 6.55. The molecule has 0 radical (unpaired) electrons. The maximum Gasteiger partial charge on any atom is 0.410 e. The van der Waals surface area contributed by atoms with E-state index in [4.69, 9.17) is 26.9 Å². The number of allylic oxidation sites excluding steroid dienone is 3. The number of nitrogen functional groups attached to an aromatic ring is 1. The molecule has 1 saturated heterocycles. The molecule has 1 aromatic heterocycles. The van der Waals surface area contributed by atoms with Gasteiger partial charge in [-0.15, -0.1) is 0 Å². The van der Waals surface area contributed by atoms with E-state index in [0.29, 0.717) is 44.7 Å². The van der Waals surface area contributed by atoms with Crippen LogP contribution in [0.2, 0.25) is 0 Å². The predicted molar refractivity (Wildman–Crippen MR) is 129 cm³/mol. The Labute approximate surface area is 202 Å². The number of anilines is 1. The average molecular weight is 492 g/mol. The molecule has 2 unspecified atom stereocenters. The van der Waals surface area contributed by atoms with E-state index in [2.05, 4.69) is 10.1 Å². The summed E-state index contributed by atoms with van der Waals surface area (Å²) in [4.78, 5) is 18.2. The van der Waals surface area contributed by atoms with Crippen LogP contribution in [0, 0.1) is 0 Å².